The van der Waals surface area contributed by atoms with Crippen molar-refractivity contribution in [3.63, 3.8) is 0 Å². The van der Waals surface area contributed by atoms with Crippen molar-refractivity contribution in [3.8, 4) is 0 Å². The van der Waals surface area contributed by atoms with Crippen molar-refractivity contribution in [2.75, 3.05) is 5.32 Å². The maximum atomic E-state index is 10.9. The molecule has 0 fully saturated rings. The molecule has 0 aliphatic carbocycles. The Morgan fingerprint density at radius 2 is 2.33 bits per heavy atom. The third kappa shape index (κ3) is 2.65. The van der Waals surface area contributed by atoms with E-state index in [1.807, 2.05) is 0 Å². The van der Waals surface area contributed by atoms with Gasteiger partial charge in [0.2, 0.25) is 5.91 Å². The molecule has 6 heteroatoms. The highest BCUT2D eigenvalue weighted by molar-refractivity contribution is 5.92. The van der Waals surface area contributed by atoms with Gasteiger partial charge >= 0.3 is 0 Å². The van der Waals surface area contributed by atoms with Crippen LogP contribution in [0.2, 0.25) is 0 Å². The number of primary amides is 1. The number of carbonyl (C=O) groups excluding carboxylic acids is 1. The van der Waals surface area contributed by atoms with Crippen LogP contribution in [0.1, 0.15) is 35.6 Å². The van der Waals surface area contributed by atoms with Crippen LogP contribution in [0.5, 0.6) is 0 Å². The van der Waals surface area contributed by atoms with Gasteiger partial charge in [-0.25, -0.2) is 9.97 Å². The third-order valence-corrected chi connectivity index (χ3v) is 2.63. The van der Waals surface area contributed by atoms with Crippen molar-refractivity contribution in [2.24, 2.45) is 5.73 Å². The summed E-state index contributed by atoms with van der Waals surface area (Å²) in [6, 6.07) is 3.44. The molecule has 0 saturated carbocycles. The normalized spacial score (nSPS) is 12.1. The fourth-order valence-corrected chi connectivity index (χ4v) is 1.64. The first-order valence-corrected chi connectivity index (χ1v) is 5.72. The molecule has 1 atom stereocenters. The smallest absolute Gasteiger partial charge is 0.250 e. The number of rotatable bonds is 5. The van der Waals surface area contributed by atoms with Crippen LogP contribution < -0.4 is 11.1 Å². The topological polar surface area (TPSA) is 96.7 Å². The Kier molecular flexibility index (Phi) is 3.57. The SMILES string of the molecule is CCC(Nc1ccc(C(N)=O)cn1)c1ncc[nH]1. The van der Waals surface area contributed by atoms with Gasteiger partial charge in [-0.05, 0) is 18.6 Å². The number of carbonyl (C=O) groups is 1. The molecular formula is C12H15N5O. The van der Waals surface area contributed by atoms with Crippen LogP contribution in [0, 0.1) is 0 Å². The van der Waals surface area contributed by atoms with E-state index in [4.69, 9.17) is 5.73 Å². The number of nitrogens with two attached hydrogens (primary N) is 1. The average molecular weight is 245 g/mol. The van der Waals surface area contributed by atoms with Crippen LogP contribution in [0.15, 0.2) is 30.7 Å². The highest BCUT2D eigenvalue weighted by atomic mass is 16.1. The van der Waals surface area contributed by atoms with Crippen molar-refractivity contribution in [2.45, 2.75) is 19.4 Å². The number of aromatic amines is 1. The van der Waals surface area contributed by atoms with Crippen molar-refractivity contribution >= 4 is 11.7 Å². The third-order valence-electron chi connectivity index (χ3n) is 2.63. The van der Waals surface area contributed by atoms with E-state index in [0.717, 1.165) is 12.2 Å². The number of H-pyrrole nitrogens is 1. The molecule has 0 radical (unpaired) electrons. The molecule has 94 valence electrons. The Morgan fingerprint density at radius 3 is 2.83 bits per heavy atom. The Bertz CT molecular complexity index is 506. The van der Waals surface area contributed by atoms with E-state index >= 15 is 0 Å². The van der Waals surface area contributed by atoms with Crippen LogP contribution in [-0.2, 0) is 0 Å². The van der Waals surface area contributed by atoms with Crippen LogP contribution in [-0.4, -0.2) is 20.9 Å². The van der Waals surface area contributed by atoms with Crippen molar-refractivity contribution in [3.05, 3.63) is 42.1 Å². The highest BCUT2D eigenvalue weighted by Gasteiger charge is 2.12. The van der Waals surface area contributed by atoms with Crippen molar-refractivity contribution < 1.29 is 4.79 Å². The Labute approximate surface area is 105 Å². The summed E-state index contributed by atoms with van der Waals surface area (Å²) >= 11 is 0. The zero-order chi connectivity index (χ0) is 13.0. The number of hydrogen-bond acceptors (Lipinski definition) is 4. The lowest BCUT2D eigenvalue weighted by molar-refractivity contribution is 0.1000. The molecule has 2 aromatic heterocycles. The minimum absolute atomic E-state index is 0.0620. The molecule has 18 heavy (non-hydrogen) atoms. The highest BCUT2D eigenvalue weighted by Crippen LogP contribution is 2.18. The van der Waals surface area contributed by atoms with E-state index in [1.165, 1.54) is 6.20 Å². The molecule has 0 bridgehead atoms. The number of imidazole rings is 1. The first-order chi connectivity index (χ1) is 8.70. The molecule has 0 aliphatic heterocycles. The van der Waals surface area contributed by atoms with Crippen LogP contribution in [0.3, 0.4) is 0 Å². The number of aromatic nitrogens is 3. The number of amides is 1. The largest absolute Gasteiger partial charge is 0.366 e. The average Bonchev–Trinajstić information content (AvgIpc) is 2.90. The van der Waals surface area contributed by atoms with E-state index < -0.39 is 5.91 Å². The van der Waals surface area contributed by atoms with Crippen molar-refractivity contribution in [1.29, 1.82) is 0 Å². The number of hydrogen-bond donors (Lipinski definition) is 3. The number of anilines is 1. The Balaban J connectivity index is 2.10. The van der Waals surface area contributed by atoms with Gasteiger partial charge in [-0.2, -0.15) is 0 Å². The molecule has 0 aliphatic rings. The van der Waals surface area contributed by atoms with E-state index in [-0.39, 0.29) is 6.04 Å². The molecule has 2 heterocycles. The van der Waals surface area contributed by atoms with Gasteiger partial charge in [0, 0.05) is 18.6 Å². The lowest BCUT2D eigenvalue weighted by Gasteiger charge is -2.15. The number of nitrogens with zero attached hydrogens (tertiary/aromatic N) is 2. The van der Waals surface area contributed by atoms with Gasteiger partial charge in [0.1, 0.15) is 11.6 Å². The van der Waals surface area contributed by atoms with Gasteiger partial charge < -0.3 is 16.0 Å². The maximum Gasteiger partial charge on any atom is 0.250 e. The van der Waals surface area contributed by atoms with Crippen molar-refractivity contribution in [1.82, 2.24) is 15.0 Å². The van der Waals surface area contributed by atoms with Crippen LogP contribution in [0.25, 0.3) is 0 Å². The standard InChI is InChI=1S/C12H15N5O/c1-2-9(12-14-5-6-15-12)17-10-4-3-8(7-16-10)11(13)18/h3-7,9H,2H2,1H3,(H2,13,18)(H,14,15)(H,16,17). The summed E-state index contributed by atoms with van der Waals surface area (Å²) in [5.74, 6) is 1.06. The quantitative estimate of drug-likeness (QED) is 0.743. The van der Waals surface area contributed by atoms with E-state index in [0.29, 0.717) is 11.4 Å². The summed E-state index contributed by atoms with van der Waals surface area (Å²) in [7, 11) is 0. The zero-order valence-electron chi connectivity index (χ0n) is 10.1. The van der Waals surface area contributed by atoms with Gasteiger partial charge in [-0.3, -0.25) is 4.79 Å². The van der Waals surface area contributed by atoms with Crippen LogP contribution >= 0.6 is 0 Å². The van der Waals surface area contributed by atoms with Gasteiger partial charge in [-0.1, -0.05) is 6.92 Å². The monoisotopic (exact) mass is 245 g/mol. The summed E-state index contributed by atoms with van der Waals surface area (Å²) in [4.78, 5) is 22.3. The second-order valence-corrected chi connectivity index (χ2v) is 3.88. The molecule has 6 nitrogen and oxygen atoms in total. The first kappa shape index (κ1) is 12.1. The number of nitrogens with one attached hydrogen (secondary N) is 2. The lowest BCUT2D eigenvalue weighted by Crippen LogP contribution is -2.14. The Morgan fingerprint density at radius 1 is 1.50 bits per heavy atom. The summed E-state index contributed by atoms with van der Waals surface area (Å²) in [5, 5.41) is 3.24. The molecule has 2 aromatic rings. The molecule has 0 aromatic carbocycles. The van der Waals surface area contributed by atoms with Gasteiger partial charge in [0.15, 0.2) is 0 Å². The van der Waals surface area contributed by atoms with E-state index in [9.17, 15) is 4.79 Å². The molecule has 1 unspecified atom stereocenters. The van der Waals surface area contributed by atoms with Gasteiger partial charge in [0.05, 0.1) is 11.6 Å². The fourth-order valence-electron chi connectivity index (χ4n) is 1.64. The number of pyridine rings is 1. The molecule has 4 N–H and O–H groups in total. The molecule has 0 saturated heterocycles. The minimum Gasteiger partial charge on any atom is -0.366 e. The summed E-state index contributed by atoms with van der Waals surface area (Å²) < 4.78 is 0. The predicted octanol–water partition coefficient (Wildman–Crippen LogP) is 1.47. The van der Waals surface area contributed by atoms with E-state index in [1.54, 1.807) is 24.5 Å². The fraction of sp³-hybridized carbons (Fsp3) is 0.250. The van der Waals surface area contributed by atoms with Gasteiger partial charge in [-0.15, -0.1) is 0 Å². The lowest BCUT2D eigenvalue weighted by atomic mass is 10.2. The predicted molar refractivity (Wildman–Crippen MR) is 68.0 cm³/mol. The molecule has 0 spiro atoms. The van der Waals surface area contributed by atoms with Crippen LogP contribution in [0.4, 0.5) is 5.82 Å². The van der Waals surface area contributed by atoms with Gasteiger partial charge in [0.25, 0.3) is 0 Å². The summed E-state index contributed by atoms with van der Waals surface area (Å²) in [6.07, 6.45) is 5.82. The summed E-state index contributed by atoms with van der Waals surface area (Å²) in [6.45, 7) is 2.05. The minimum atomic E-state index is -0.480. The molecular weight excluding hydrogens is 230 g/mol. The molecule has 2 rings (SSSR count). The zero-order valence-corrected chi connectivity index (χ0v) is 10.1. The molecule has 1 amide bonds. The summed E-state index contributed by atoms with van der Waals surface area (Å²) in [5.41, 5.74) is 5.55. The Hall–Kier alpha value is -2.37. The first-order valence-electron chi connectivity index (χ1n) is 5.72. The second-order valence-electron chi connectivity index (χ2n) is 3.88. The van der Waals surface area contributed by atoms with E-state index in [2.05, 4.69) is 27.2 Å². The maximum absolute atomic E-state index is 10.9. The second kappa shape index (κ2) is 5.31.